The zero-order valence-electron chi connectivity index (χ0n) is 18.7. The van der Waals surface area contributed by atoms with Crippen molar-refractivity contribution in [2.45, 2.75) is 63.8 Å². The molecule has 0 N–H and O–H groups in total. The highest BCUT2D eigenvalue weighted by Gasteiger charge is 2.24. The van der Waals surface area contributed by atoms with Crippen LogP contribution in [0.15, 0.2) is 35.2 Å². The number of carbonyl (C=O) groups excluding carboxylic acids is 2. The average molecular weight is 451 g/mol. The first kappa shape index (κ1) is 25.1. The third-order valence-electron chi connectivity index (χ3n) is 5.65. The maximum Gasteiger partial charge on any atom is 0.331 e. The summed E-state index contributed by atoms with van der Waals surface area (Å²) in [4.78, 5) is 26.5. The number of amides is 1. The molecule has 1 saturated carbocycles. The van der Waals surface area contributed by atoms with Gasteiger partial charge in [-0.2, -0.15) is 4.31 Å². The molecule has 31 heavy (non-hydrogen) atoms. The highest BCUT2D eigenvalue weighted by Crippen LogP contribution is 2.22. The van der Waals surface area contributed by atoms with E-state index < -0.39 is 16.0 Å². The summed E-state index contributed by atoms with van der Waals surface area (Å²) in [6.45, 7) is 6.68. The number of likely N-dealkylation sites (N-methyl/N-ethyl adjacent to an activating group) is 1. The Bertz CT molecular complexity index is 854. The van der Waals surface area contributed by atoms with E-state index in [9.17, 15) is 18.0 Å². The first-order chi connectivity index (χ1) is 14.8. The van der Waals surface area contributed by atoms with Gasteiger partial charge >= 0.3 is 5.97 Å². The molecular formula is C23H34N2O5S. The van der Waals surface area contributed by atoms with Gasteiger partial charge in [0.25, 0.3) is 5.91 Å². The Morgan fingerprint density at radius 3 is 2.16 bits per heavy atom. The van der Waals surface area contributed by atoms with Crippen LogP contribution >= 0.6 is 0 Å². The first-order valence-corrected chi connectivity index (χ1v) is 12.5. The molecule has 1 fully saturated rings. The fraction of sp³-hybridized carbons (Fsp3) is 0.565. The Hall–Kier alpha value is -2.19. The van der Waals surface area contributed by atoms with Gasteiger partial charge in [-0.05, 0) is 43.5 Å². The predicted molar refractivity (Wildman–Crippen MR) is 121 cm³/mol. The zero-order chi connectivity index (χ0) is 22.9. The second kappa shape index (κ2) is 12.0. The third kappa shape index (κ3) is 6.90. The van der Waals surface area contributed by atoms with Gasteiger partial charge in [-0.25, -0.2) is 13.2 Å². The Labute approximate surface area is 186 Å². The predicted octanol–water partition coefficient (Wildman–Crippen LogP) is 3.45. The summed E-state index contributed by atoms with van der Waals surface area (Å²) in [7, 11) is -3.51. The lowest BCUT2D eigenvalue weighted by Gasteiger charge is -2.33. The van der Waals surface area contributed by atoms with Crippen LogP contribution in [0, 0.1) is 0 Å². The van der Waals surface area contributed by atoms with Gasteiger partial charge in [-0.15, -0.1) is 0 Å². The smallest absolute Gasteiger partial charge is 0.331 e. The maximum atomic E-state index is 12.5. The summed E-state index contributed by atoms with van der Waals surface area (Å²) in [5, 5.41) is 0. The molecule has 0 saturated heterocycles. The normalized spacial score (nSPS) is 15.4. The Morgan fingerprint density at radius 1 is 1.00 bits per heavy atom. The molecule has 1 aromatic carbocycles. The van der Waals surface area contributed by atoms with Gasteiger partial charge in [-0.3, -0.25) is 4.79 Å². The van der Waals surface area contributed by atoms with Crippen LogP contribution in [0.2, 0.25) is 0 Å². The SMILES string of the molecule is CCN(C(=O)COC(=O)C=Cc1ccc(S(=O)(=O)N(CC)CC)cc1)C1CCCCC1. The van der Waals surface area contributed by atoms with E-state index in [1.807, 2.05) is 11.8 Å². The van der Waals surface area contributed by atoms with Crippen molar-refractivity contribution < 1.29 is 22.7 Å². The summed E-state index contributed by atoms with van der Waals surface area (Å²) >= 11 is 0. The summed E-state index contributed by atoms with van der Waals surface area (Å²) in [6, 6.07) is 6.55. The van der Waals surface area contributed by atoms with Crippen molar-refractivity contribution >= 4 is 28.0 Å². The van der Waals surface area contributed by atoms with Crippen molar-refractivity contribution in [2.75, 3.05) is 26.2 Å². The Balaban J connectivity index is 1.90. The largest absolute Gasteiger partial charge is 0.452 e. The summed E-state index contributed by atoms with van der Waals surface area (Å²) in [6.07, 6.45) is 8.28. The minimum absolute atomic E-state index is 0.165. The van der Waals surface area contributed by atoms with E-state index in [0.29, 0.717) is 25.2 Å². The van der Waals surface area contributed by atoms with Crippen molar-refractivity contribution in [3.63, 3.8) is 0 Å². The number of hydrogen-bond acceptors (Lipinski definition) is 5. The molecule has 0 bridgehead atoms. The van der Waals surface area contributed by atoms with Crippen LogP contribution in [-0.2, 0) is 24.3 Å². The number of rotatable bonds is 10. The van der Waals surface area contributed by atoms with Gasteiger partial charge in [-0.1, -0.05) is 45.2 Å². The second-order valence-corrected chi connectivity index (χ2v) is 9.51. The second-order valence-electron chi connectivity index (χ2n) is 7.57. The van der Waals surface area contributed by atoms with Crippen LogP contribution in [0.4, 0.5) is 0 Å². The number of sulfonamides is 1. The molecule has 0 unspecified atom stereocenters. The Morgan fingerprint density at radius 2 is 1.61 bits per heavy atom. The molecule has 0 radical (unpaired) electrons. The number of hydrogen-bond donors (Lipinski definition) is 0. The van der Waals surface area contributed by atoms with E-state index in [4.69, 9.17) is 4.74 Å². The number of nitrogens with zero attached hydrogens (tertiary/aromatic N) is 2. The van der Waals surface area contributed by atoms with Gasteiger partial charge < -0.3 is 9.64 Å². The van der Waals surface area contributed by atoms with Crippen LogP contribution < -0.4 is 0 Å². The number of ether oxygens (including phenoxy) is 1. The summed E-state index contributed by atoms with van der Waals surface area (Å²) in [5.74, 6) is -0.769. The molecule has 0 heterocycles. The summed E-state index contributed by atoms with van der Waals surface area (Å²) in [5.41, 5.74) is 0.666. The van der Waals surface area contributed by atoms with Crippen LogP contribution in [0.5, 0.6) is 0 Å². The van der Waals surface area contributed by atoms with E-state index in [0.717, 1.165) is 25.7 Å². The monoisotopic (exact) mass is 450 g/mol. The fourth-order valence-corrected chi connectivity index (χ4v) is 5.38. The lowest BCUT2D eigenvalue weighted by molar-refractivity contribution is -0.149. The minimum atomic E-state index is -3.51. The molecule has 0 aromatic heterocycles. The molecule has 2 rings (SSSR count). The number of carbonyl (C=O) groups is 2. The van der Waals surface area contributed by atoms with Crippen molar-refractivity contribution in [1.82, 2.24) is 9.21 Å². The molecule has 172 valence electrons. The molecule has 0 aliphatic heterocycles. The Kier molecular flexibility index (Phi) is 9.71. The molecule has 1 aliphatic carbocycles. The lowest BCUT2D eigenvalue weighted by atomic mass is 9.94. The first-order valence-electron chi connectivity index (χ1n) is 11.1. The van der Waals surface area contributed by atoms with Crippen molar-refractivity contribution in [2.24, 2.45) is 0 Å². The molecule has 1 amide bonds. The molecule has 8 heteroatoms. The van der Waals surface area contributed by atoms with E-state index in [1.54, 1.807) is 32.1 Å². The quantitative estimate of drug-likeness (QED) is 0.403. The molecule has 0 atom stereocenters. The van der Waals surface area contributed by atoms with Crippen LogP contribution in [0.25, 0.3) is 6.08 Å². The standard InChI is InChI=1S/C23H34N2O5S/c1-4-24(5-2)31(28,29)21-15-12-19(13-16-21)14-17-23(27)30-18-22(26)25(6-3)20-10-8-7-9-11-20/h12-17,20H,4-11,18H2,1-3H3. The van der Waals surface area contributed by atoms with Gasteiger partial charge in [0.05, 0.1) is 4.90 Å². The van der Waals surface area contributed by atoms with E-state index in [1.165, 1.54) is 28.9 Å². The highest BCUT2D eigenvalue weighted by atomic mass is 32.2. The lowest BCUT2D eigenvalue weighted by Crippen LogP contribution is -2.43. The maximum absolute atomic E-state index is 12.5. The van der Waals surface area contributed by atoms with E-state index in [2.05, 4.69) is 0 Å². The molecule has 1 aliphatic rings. The zero-order valence-corrected chi connectivity index (χ0v) is 19.6. The van der Waals surface area contributed by atoms with E-state index >= 15 is 0 Å². The van der Waals surface area contributed by atoms with Crippen LogP contribution in [-0.4, -0.2) is 61.8 Å². The van der Waals surface area contributed by atoms with Crippen molar-refractivity contribution in [1.29, 1.82) is 0 Å². The number of esters is 1. The molecular weight excluding hydrogens is 416 g/mol. The topological polar surface area (TPSA) is 84.0 Å². The van der Waals surface area contributed by atoms with E-state index in [-0.39, 0.29) is 23.5 Å². The van der Waals surface area contributed by atoms with Crippen molar-refractivity contribution in [3.8, 4) is 0 Å². The third-order valence-corrected chi connectivity index (χ3v) is 7.71. The van der Waals surface area contributed by atoms with Gasteiger partial charge in [0.15, 0.2) is 6.61 Å². The highest BCUT2D eigenvalue weighted by molar-refractivity contribution is 7.89. The van der Waals surface area contributed by atoms with Gasteiger partial charge in [0.2, 0.25) is 10.0 Å². The van der Waals surface area contributed by atoms with Gasteiger partial charge in [0.1, 0.15) is 0 Å². The number of benzene rings is 1. The summed E-state index contributed by atoms with van der Waals surface area (Å²) < 4.78 is 31.5. The fourth-order valence-electron chi connectivity index (χ4n) is 3.92. The molecule has 1 aromatic rings. The molecule has 0 spiro atoms. The average Bonchev–Trinajstić information content (AvgIpc) is 2.78. The van der Waals surface area contributed by atoms with Gasteiger partial charge in [0, 0.05) is 31.8 Å². The molecule has 7 nitrogen and oxygen atoms in total. The minimum Gasteiger partial charge on any atom is -0.452 e. The van der Waals surface area contributed by atoms with Crippen LogP contribution in [0.1, 0.15) is 58.4 Å². The van der Waals surface area contributed by atoms with Crippen LogP contribution in [0.3, 0.4) is 0 Å². The van der Waals surface area contributed by atoms with Crippen molar-refractivity contribution in [3.05, 3.63) is 35.9 Å².